The van der Waals surface area contributed by atoms with E-state index in [0.717, 1.165) is 23.5 Å². The third-order valence-corrected chi connectivity index (χ3v) is 3.58. The molecule has 6 heteroatoms. The Morgan fingerprint density at radius 1 is 1.44 bits per heavy atom. The molecule has 18 heavy (non-hydrogen) atoms. The van der Waals surface area contributed by atoms with Gasteiger partial charge in [-0.1, -0.05) is 6.92 Å². The number of nitrogens with zero attached hydrogens (tertiary/aromatic N) is 1. The predicted molar refractivity (Wildman–Crippen MR) is 70.0 cm³/mol. The summed E-state index contributed by atoms with van der Waals surface area (Å²) in [6.45, 7) is 4.27. The van der Waals surface area contributed by atoms with Gasteiger partial charge in [-0.05, 0) is 26.2 Å². The molecule has 100 valence electrons. The number of carbonyl (C=O) groups excluding carboxylic acids is 1. The molecule has 0 spiro atoms. The molecule has 1 heterocycles. The molecule has 0 radical (unpaired) electrons. The second kappa shape index (κ2) is 7.10. The molecule has 0 aliphatic rings. The third-order valence-electron chi connectivity index (χ3n) is 2.36. The fourth-order valence-electron chi connectivity index (χ4n) is 1.51. The minimum atomic E-state index is -0.844. The van der Waals surface area contributed by atoms with E-state index in [2.05, 4.69) is 17.2 Å². The zero-order valence-corrected chi connectivity index (χ0v) is 11.5. The smallest absolute Gasteiger partial charge is 0.303 e. The lowest BCUT2D eigenvalue weighted by Gasteiger charge is -2.02. The largest absolute Gasteiger partial charge is 0.481 e. The number of aliphatic carboxylic acids is 1. The third kappa shape index (κ3) is 4.44. The van der Waals surface area contributed by atoms with Crippen LogP contribution in [0.3, 0.4) is 0 Å². The average molecular weight is 270 g/mol. The van der Waals surface area contributed by atoms with Crippen molar-refractivity contribution in [2.75, 3.05) is 6.54 Å². The lowest BCUT2D eigenvalue weighted by atomic mass is 10.3. The number of hydrogen-bond donors (Lipinski definition) is 2. The second-order valence-electron chi connectivity index (χ2n) is 4.03. The van der Waals surface area contributed by atoms with Crippen molar-refractivity contribution in [3.05, 3.63) is 15.6 Å². The minimum Gasteiger partial charge on any atom is -0.481 e. The van der Waals surface area contributed by atoms with Crippen molar-refractivity contribution < 1.29 is 14.7 Å². The SMILES string of the molecule is CCCc1nc(C)c(C(=O)NCCCC(=O)O)s1. The number of rotatable bonds is 7. The maximum atomic E-state index is 11.8. The molecule has 0 saturated carbocycles. The summed E-state index contributed by atoms with van der Waals surface area (Å²) in [4.78, 5) is 27.1. The van der Waals surface area contributed by atoms with Crippen molar-refractivity contribution in [1.29, 1.82) is 0 Å². The lowest BCUT2D eigenvalue weighted by Crippen LogP contribution is -2.24. The average Bonchev–Trinajstić information content (AvgIpc) is 2.66. The summed E-state index contributed by atoms with van der Waals surface area (Å²) in [5.41, 5.74) is 0.749. The fourth-order valence-corrected chi connectivity index (χ4v) is 2.59. The number of carbonyl (C=O) groups is 2. The first-order chi connectivity index (χ1) is 8.54. The first-order valence-electron chi connectivity index (χ1n) is 6.01. The van der Waals surface area contributed by atoms with E-state index in [1.807, 2.05) is 6.92 Å². The van der Waals surface area contributed by atoms with E-state index in [-0.39, 0.29) is 12.3 Å². The van der Waals surface area contributed by atoms with Gasteiger partial charge < -0.3 is 10.4 Å². The summed E-state index contributed by atoms with van der Waals surface area (Å²) in [5.74, 6) is -0.999. The Hall–Kier alpha value is -1.43. The molecule has 1 aromatic rings. The number of amides is 1. The molecule has 0 unspecified atom stereocenters. The highest BCUT2D eigenvalue weighted by Crippen LogP contribution is 2.19. The Morgan fingerprint density at radius 2 is 2.17 bits per heavy atom. The lowest BCUT2D eigenvalue weighted by molar-refractivity contribution is -0.137. The Kier molecular flexibility index (Phi) is 5.77. The van der Waals surface area contributed by atoms with E-state index in [4.69, 9.17) is 5.11 Å². The van der Waals surface area contributed by atoms with Gasteiger partial charge in [0.25, 0.3) is 5.91 Å². The van der Waals surface area contributed by atoms with E-state index in [0.29, 0.717) is 17.8 Å². The maximum Gasteiger partial charge on any atom is 0.303 e. The van der Waals surface area contributed by atoms with Crippen molar-refractivity contribution in [2.45, 2.75) is 39.5 Å². The summed E-state index contributed by atoms with van der Waals surface area (Å²) in [5, 5.41) is 12.2. The Labute approximate surface area is 110 Å². The summed E-state index contributed by atoms with van der Waals surface area (Å²) in [6.07, 6.45) is 2.41. The van der Waals surface area contributed by atoms with Crippen LogP contribution in [0, 0.1) is 6.92 Å². The number of carboxylic acids is 1. The number of aromatic nitrogens is 1. The van der Waals surface area contributed by atoms with E-state index >= 15 is 0 Å². The Bertz CT molecular complexity index is 429. The molecule has 1 amide bonds. The highest BCUT2D eigenvalue weighted by Gasteiger charge is 2.14. The van der Waals surface area contributed by atoms with Crippen LogP contribution in [0.1, 0.15) is 46.6 Å². The molecule has 0 atom stereocenters. The van der Waals surface area contributed by atoms with Crippen molar-refractivity contribution >= 4 is 23.2 Å². The first-order valence-corrected chi connectivity index (χ1v) is 6.82. The van der Waals surface area contributed by atoms with Crippen molar-refractivity contribution in [1.82, 2.24) is 10.3 Å². The van der Waals surface area contributed by atoms with Crippen LogP contribution in [0.2, 0.25) is 0 Å². The molecule has 2 N–H and O–H groups in total. The summed E-state index contributed by atoms with van der Waals surface area (Å²) >= 11 is 1.42. The van der Waals surface area contributed by atoms with Crippen molar-refractivity contribution in [3.8, 4) is 0 Å². The molecule has 0 fully saturated rings. The van der Waals surface area contributed by atoms with Crippen LogP contribution < -0.4 is 5.32 Å². The van der Waals surface area contributed by atoms with Crippen LogP contribution in [-0.4, -0.2) is 28.5 Å². The van der Waals surface area contributed by atoms with Gasteiger partial charge in [0.15, 0.2) is 0 Å². The minimum absolute atomic E-state index is 0.0725. The molecule has 0 aliphatic heterocycles. The number of carboxylic acid groups (broad SMARTS) is 1. The Balaban J connectivity index is 2.48. The molecule has 0 aromatic carbocycles. The van der Waals surface area contributed by atoms with Crippen molar-refractivity contribution in [3.63, 3.8) is 0 Å². The van der Waals surface area contributed by atoms with Gasteiger partial charge in [0.1, 0.15) is 4.88 Å². The Morgan fingerprint density at radius 3 is 2.78 bits per heavy atom. The summed E-state index contributed by atoms with van der Waals surface area (Å²) < 4.78 is 0. The van der Waals surface area contributed by atoms with E-state index < -0.39 is 5.97 Å². The van der Waals surface area contributed by atoms with E-state index in [1.54, 1.807) is 0 Å². The van der Waals surface area contributed by atoms with Gasteiger partial charge in [-0.25, -0.2) is 4.98 Å². The van der Waals surface area contributed by atoms with Crippen LogP contribution in [0.5, 0.6) is 0 Å². The van der Waals surface area contributed by atoms with Gasteiger partial charge in [-0.3, -0.25) is 9.59 Å². The van der Waals surface area contributed by atoms with Gasteiger partial charge in [0.05, 0.1) is 10.7 Å². The molecular formula is C12H18N2O3S. The molecule has 0 bridgehead atoms. The number of hydrogen-bond acceptors (Lipinski definition) is 4. The number of aryl methyl sites for hydroxylation is 2. The standard InChI is InChI=1S/C12H18N2O3S/c1-3-5-9-14-8(2)11(18-9)12(17)13-7-4-6-10(15)16/h3-7H2,1-2H3,(H,13,17)(H,15,16). The predicted octanol–water partition coefficient (Wildman–Crippen LogP) is 2.00. The fraction of sp³-hybridized carbons (Fsp3) is 0.583. The van der Waals surface area contributed by atoms with Gasteiger partial charge in [0.2, 0.25) is 0 Å². The maximum absolute atomic E-state index is 11.8. The van der Waals surface area contributed by atoms with Crippen LogP contribution in [0.25, 0.3) is 0 Å². The number of thiazole rings is 1. The molecule has 5 nitrogen and oxygen atoms in total. The summed E-state index contributed by atoms with van der Waals surface area (Å²) in [6, 6.07) is 0. The number of nitrogens with one attached hydrogen (secondary N) is 1. The monoisotopic (exact) mass is 270 g/mol. The molecule has 1 aromatic heterocycles. The highest BCUT2D eigenvalue weighted by atomic mass is 32.1. The zero-order chi connectivity index (χ0) is 13.5. The zero-order valence-electron chi connectivity index (χ0n) is 10.7. The van der Waals surface area contributed by atoms with Gasteiger partial charge >= 0.3 is 5.97 Å². The summed E-state index contributed by atoms with van der Waals surface area (Å²) in [7, 11) is 0. The molecule has 0 aliphatic carbocycles. The van der Waals surface area contributed by atoms with Gasteiger partial charge in [0, 0.05) is 13.0 Å². The second-order valence-corrected chi connectivity index (χ2v) is 5.11. The van der Waals surface area contributed by atoms with E-state index in [9.17, 15) is 9.59 Å². The molecule has 0 saturated heterocycles. The first kappa shape index (κ1) is 14.6. The van der Waals surface area contributed by atoms with Crippen LogP contribution in [0.15, 0.2) is 0 Å². The highest BCUT2D eigenvalue weighted by molar-refractivity contribution is 7.13. The van der Waals surface area contributed by atoms with Crippen LogP contribution >= 0.6 is 11.3 Å². The van der Waals surface area contributed by atoms with E-state index in [1.165, 1.54) is 11.3 Å². The van der Waals surface area contributed by atoms with Crippen LogP contribution in [0.4, 0.5) is 0 Å². The molecular weight excluding hydrogens is 252 g/mol. The van der Waals surface area contributed by atoms with Crippen LogP contribution in [-0.2, 0) is 11.2 Å². The topological polar surface area (TPSA) is 79.3 Å². The van der Waals surface area contributed by atoms with Gasteiger partial charge in [-0.15, -0.1) is 11.3 Å². The normalized spacial score (nSPS) is 10.3. The quantitative estimate of drug-likeness (QED) is 0.743. The van der Waals surface area contributed by atoms with Gasteiger partial charge in [-0.2, -0.15) is 0 Å². The molecule has 1 rings (SSSR count). The van der Waals surface area contributed by atoms with Crippen molar-refractivity contribution in [2.24, 2.45) is 0 Å².